The Bertz CT molecular complexity index is 830. The molecule has 2 atom stereocenters. The van der Waals surface area contributed by atoms with Gasteiger partial charge in [-0.1, -0.05) is 6.42 Å². The van der Waals surface area contributed by atoms with Crippen molar-refractivity contribution in [2.24, 2.45) is 5.41 Å². The van der Waals surface area contributed by atoms with Gasteiger partial charge in [-0.3, -0.25) is 0 Å². The largest absolute Gasteiger partial charge is 0.497 e. The molecule has 3 fully saturated rings. The number of nitrogens with zero attached hydrogens (tertiary/aromatic N) is 3. The molecule has 1 spiro atoms. The zero-order chi connectivity index (χ0) is 17.7. The van der Waals surface area contributed by atoms with Gasteiger partial charge >= 0.3 is 0 Å². The monoisotopic (exact) mass is 355 g/mol. The van der Waals surface area contributed by atoms with Crippen molar-refractivity contribution in [2.45, 2.75) is 44.2 Å². The number of fused-ring (bicyclic) bond motifs is 1. The van der Waals surface area contributed by atoms with Gasteiger partial charge in [0, 0.05) is 24.6 Å². The van der Waals surface area contributed by atoms with Crippen LogP contribution < -0.4 is 14.4 Å². The smallest absolute Gasteiger partial charge is 0.148 e. The third kappa shape index (κ3) is 2.21. The molecule has 0 N–H and O–H groups in total. The quantitative estimate of drug-likeness (QED) is 0.840. The van der Waals surface area contributed by atoms with Crippen LogP contribution >= 0.6 is 0 Å². The number of methoxy groups -OCH3 is 2. The second-order valence-corrected chi connectivity index (χ2v) is 7.76. The van der Waals surface area contributed by atoms with E-state index >= 15 is 0 Å². The molecule has 6 heteroatoms. The lowest BCUT2D eigenvalue weighted by Gasteiger charge is -2.64. The van der Waals surface area contributed by atoms with E-state index in [-0.39, 0.29) is 0 Å². The van der Waals surface area contributed by atoms with Crippen LogP contribution in [0.15, 0.2) is 18.5 Å². The summed E-state index contributed by atoms with van der Waals surface area (Å²) in [7, 11) is 3.34. The molecule has 6 nitrogen and oxygen atoms in total. The highest BCUT2D eigenvalue weighted by Gasteiger charge is 2.59. The van der Waals surface area contributed by atoms with Crippen molar-refractivity contribution in [2.75, 3.05) is 32.3 Å². The zero-order valence-corrected chi connectivity index (χ0v) is 15.4. The van der Waals surface area contributed by atoms with Crippen LogP contribution in [0, 0.1) is 5.41 Å². The van der Waals surface area contributed by atoms with Gasteiger partial charge in [0.1, 0.15) is 29.2 Å². The Balaban J connectivity index is 1.60. The Morgan fingerprint density at radius 2 is 2.04 bits per heavy atom. The summed E-state index contributed by atoms with van der Waals surface area (Å²) in [6.45, 7) is 1.94. The van der Waals surface area contributed by atoms with Gasteiger partial charge in [0.2, 0.25) is 0 Å². The minimum atomic E-state index is 0.321. The highest BCUT2D eigenvalue weighted by atomic mass is 16.5. The number of ether oxygens (including phenoxy) is 3. The zero-order valence-electron chi connectivity index (χ0n) is 15.4. The summed E-state index contributed by atoms with van der Waals surface area (Å²) in [4.78, 5) is 11.6. The van der Waals surface area contributed by atoms with Gasteiger partial charge < -0.3 is 19.1 Å². The maximum absolute atomic E-state index is 6.11. The van der Waals surface area contributed by atoms with Crippen molar-refractivity contribution in [3.8, 4) is 11.5 Å². The molecule has 1 aliphatic carbocycles. The van der Waals surface area contributed by atoms with Crippen LogP contribution in [0.5, 0.6) is 11.5 Å². The van der Waals surface area contributed by atoms with Gasteiger partial charge in [-0.05, 0) is 31.7 Å². The van der Waals surface area contributed by atoms with Crippen molar-refractivity contribution in [3.63, 3.8) is 0 Å². The van der Waals surface area contributed by atoms with E-state index < -0.39 is 0 Å². The maximum Gasteiger partial charge on any atom is 0.148 e. The van der Waals surface area contributed by atoms with Crippen LogP contribution in [0.2, 0.25) is 0 Å². The van der Waals surface area contributed by atoms with E-state index in [0.717, 1.165) is 54.2 Å². The molecule has 138 valence electrons. The molecule has 3 aliphatic rings. The summed E-state index contributed by atoms with van der Waals surface area (Å²) in [5.74, 6) is 2.46. The number of rotatable bonds is 4. The van der Waals surface area contributed by atoms with Gasteiger partial charge in [0.25, 0.3) is 0 Å². The van der Waals surface area contributed by atoms with E-state index in [1.54, 1.807) is 20.5 Å². The molecule has 2 aliphatic heterocycles. The second-order valence-electron chi connectivity index (χ2n) is 7.76. The third-order valence-electron chi connectivity index (χ3n) is 6.50. The lowest BCUT2D eigenvalue weighted by molar-refractivity contribution is -0.0493. The van der Waals surface area contributed by atoms with Crippen molar-refractivity contribution in [3.05, 3.63) is 18.5 Å². The first-order valence-electron chi connectivity index (χ1n) is 9.51. The lowest BCUT2D eigenvalue weighted by Crippen LogP contribution is -2.71. The first kappa shape index (κ1) is 16.1. The average molecular weight is 355 g/mol. The molecule has 5 rings (SSSR count). The summed E-state index contributed by atoms with van der Waals surface area (Å²) in [5.41, 5.74) is 1.26. The van der Waals surface area contributed by atoms with Crippen LogP contribution in [-0.4, -0.2) is 49.5 Å². The molecule has 0 bridgehead atoms. The fourth-order valence-electron chi connectivity index (χ4n) is 5.09. The maximum atomic E-state index is 6.11. The molecule has 0 radical (unpaired) electrons. The third-order valence-corrected chi connectivity index (χ3v) is 6.50. The van der Waals surface area contributed by atoms with Crippen LogP contribution in [0.1, 0.15) is 32.1 Å². The molecule has 1 aromatic carbocycles. The van der Waals surface area contributed by atoms with Gasteiger partial charge in [0.15, 0.2) is 0 Å². The molecular weight excluding hydrogens is 330 g/mol. The number of hydrogen-bond donors (Lipinski definition) is 0. The highest BCUT2D eigenvalue weighted by molar-refractivity contribution is 5.95. The predicted octanol–water partition coefficient (Wildman–Crippen LogP) is 3.18. The van der Waals surface area contributed by atoms with Crippen molar-refractivity contribution in [1.82, 2.24) is 9.97 Å². The number of benzene rings is 1. The summed E-state index contributed by atoms with van der Waals surface area (Å²) >= 11 is 0. The number of aromatic nitrogens is 2. The Labute approximate surface area is 153 Å². The van der Waals surface area contributed by atoms with Gasteiger partial charge in [-0.15, -0.1) is 0 Å². The van der Waals surface area contributed by atoms with Gasteiger partial charge in [-0.25, -0.2) is 9.97 Å². The van der Waals surface area contributed by atoms with E-state index in [2.05, 4.69) is 14.9 Å². The summed E-state index contributed by atoms with van der Waals surface area (Å²) in [6.07, 6.45) is 8.24. The van der Waals surface area contributed by atoms with E-state index in [0.29, 0.717) is 17.6 Å². The fourth-order valence-corrected chi connectivity index (χ4v) is 5.09. The van der Waals surface area contributed by atoms with Crippen molar-refractivity contribution >= 4 is 16.7 Å². The van der Waals surface area contributed by atoms with Gasteiger partial charge in [-0.2, -0.15) is 0 Å². The van der Waals surface area contributed by atoms with E-state index in [4.69, 9.17) is 14.2 Å². The van der Waals surface area contributed by atoms with Crippen molar-refractivity contribution < 1.29 is 14.2 Å². The van der Waals surface area contributed by atoms with Crippen LogP contribution in [0.25, 0.3) is 10.9 Å². The van der Waals surface area contributed by atoms with Gasteiger partial charge in [0.05, 0.1) is 31.8 Å². The Morgan fingerprint density at radius 1 is 1.15 bits per heavy atom. The Morgan fingerprint density at radius 3 is 2.69 bits per heavy atom. The molecule has 1 aromatic heterocycles. The molecular formula is C20H25N3O3. The second kappa shape index (κ2) is 5.98. The molecule has 1 saturated carbocycles. The first-order valence-corrected chi connectivity index (χ1v) is 9.51. The highest BCUT2D eigenvalue weighted by Crippen LogP contribution is 2.57. The fraction of sp³-hybridized carbons (Fsp3) is 0.600. The average Bonchev–Trinajstić information content (AvgIpc) is 3.12. The van der Waals surface area contributed by atoms with E-state index in [1.807, 2.05) is 12.1 Å². The normalized spacial score (nSPS) is 26.6. The number of anilines is 1. The summed E-state index contributed by atoms with van der Waals surface area (Å²) in [5, 5.41) is 0.987. The Hall–Kier alpha value is -2.08. The molecule has 2 aromatic rings. The topological polar surface area (TPSA) is 56.7 Å². The standard InChI is InChI=1S/C20H25N3O3/c1-24-13-9-14-17(16(10-13)25-2)21-12-22-19(14)23-11-20(6-4-7-20)18(23)15-5-3-8-26-15/h9-10,12,15,18H,3-8,11H2,1-2H3. The summed E-state index contributed by atoms with van der Waals surface area (Å²) < 4.78 is 17.1. The minimum Gasteiger partial charge on any atom is -0.497 e. The first-order chi connectivity index (χ1) is 12.8. The molecule has 2 unspecified atom stereocenters. The molecule has 0 amide bonds. The van der Waals surface area contributed by atoms with Crippen LogP contribution in [-0.2, 0) is 4.74 Å². The predicted molar refractivity (Wildman–Crippen MR) is 99.0 cm³/mol. The van der Waals surface area contributed by atoms with E-state index in [1.165, 1.54) is 19.3 Å². The summed E-state index contributed by atoms with van der Waals surface area (Å²) in [6, 6.07) is 4.32. The number of hydrogen-bond acceptors (Lipinski definition) is 6. The molecule has 3 heterocycles. The molecule has 2 saturated heterocycles. The lowest BCUT2D eigenvalue weighted by atomic mass is 9.56. The molecule has 26 heavy (non-hydrogen) atoms. The Kier molecular flexibility index (Phi) is 3.71. The van der Waals surface area contributed by atoms with E-state index in [9.17, 15) is 0 Å². The SMILES string of the molecule is COc1cc(OC)c2ncnc(N3CC4(CCC4)C3C3CCCO3)c2c1. The van der Waals surface area contributed by atoms with Crippen LogP contribution in [0.4, 0.5) is 5.82 Å². The minimum absolute atomic E-state index is 0.321. The van der Waals surface area contributed by atoms with Crippen LogP contribution in [0.3, 0.4) is 0 Å². The van der Waals surface area contributed by atoms with Crippen molar-refractivity contribution in [1.29, 1.82) is 0 Å².